The fourth-order valence-electron chi connectivity index (χ4n) is 2.88. The zero-order valence-corrected chi connectivity index (χ0v) is 14.8. The molecule has 6 heteroatoms. The van der Waals surface area contributed by atoms with E-state index in [4.69, 9.17) is 4.74 Å². The lowest BCUT2D eigenvalue weighted by molar-refractivity contribution is -0.140. The molecule has 1 atom stereocenters. The summed E-state index contributed by atoms with van der Waals surface area (Å²) in [6.45, 7) is 5.82. The van der Waals surface area contributed by atoms with E-state index in [1.165, 1.54) is 12.1 Å². The minimum atomic E-state index is -4.40. The van der Waals surface area contributed by atoms with Crippen molar-refractivity contribution in [2.45, 2.75) is 32.9 Å². The summed E-state index contributed by atoms with van der Waals surface area (Å²) < 4.78 is 43.8. The van der Waals surface area contributed by atoms with Gasteiger partial charge in [-0.1, -0.05) is 32.0 Å². The van der Waals surface area contributed by atoms with Crippen molar-refractivity contribution < 1.29 is 27.8 Å². The number of hydrogen-bond acceptors (Lipinski definition) is 2. The number of benzene rings is 2. The summed E-state index contributed by atoms with van der Waals surface area (Å²) in [6, 6.07) is 9.86. The molecule has 0 spiro atoms. The molecule has 0 aliphatic rings. The number of alkyl halides is 3. The van der Waals surface area contributed by atoms with E-state index in [-0.39, 0.29) is 5.92 Å². The van der Waals surface area contributed by atoms with Crippen LogP contribution in [0.3, 0.4) is 0 Å². The average Bonchev–Trinajstić information content (AvgIpc) is 2.53. The minimum absolute atomic E-state index is 0.148. The lowest BCUT2D eigenvalue weighted by Crippen LogP contribution is -2.17. The van der Waals surface area contributed by atoms with Crippen LogP contribution in [-0.4, -0.2) is 17.7 Å². The fraction of sp³-hybridized carbons (Fsp3) is 0.350. The number of rotatable bonds is 6. The largest absolute Gasteiger partial charge is 0.494 e. The number of aliphatic carboxylic acids is 1. The molecule has 1 unspecified atom stereocenters. The van der Waals surface area contributed by atoms with Crippen molar-refractivity contribution in [3.8, 4) is 16.9 Å². The van der Waals surface area contributed by atoms with Crippen LogP contribution in [0.15, 0.2) is 42.5 Å². The van der Waals surface area contributed by atoms with Gasteiger partial charge in [0, 0.05) is 0 Å². The minimum Gasteiger partial charge on any atom is -0.494 e. The van der Waals surface area contributed by atoms with Gasteiger partial charge in [-0.25, -0.2) is 0 Å². The molecule has 0 bridgehead atoms. The van der Waals surface area contributed by atoms with Crippen molar-refractivity contribution in [2.75, 3.05) is 6.61 Å². The monoisotopic (exact) mass is 366 g/mol. The summed E-state index contributed by atoms with van der Waals surface area (Å²) in [5.74, 6) is -1.34. The molecule has 3 nitrogen and oxygen atoms in total. The van der Waals surface area contributed by atoms with Crippen LogP contribution in [0.25, 0.3) is 11.1 Å². The van der Waals surface area contributed by atoms with E-state index in [0.717, 1.165) is 12.1 Å². The first kappa shape index (κ1) is 19.8. The highest BCUT2D eigenvalue weighted by Crippen LogP contribution is 2.35. The third-order valence-electron chi connectivity index (χ3n) is 4.08. The first-order chi connectivity index (χ1) is 12.1. The summed E-state index contributed by atoms with van der Waals surface area (Å²) in [5.41, 5.74) is 1.02. The number of carboxylic acids is 1. The van der Waals surface area contributed by atoms with Gasteiger partial charge >= 0.3 is 12.1 Å². The Morgan fingerprint density at radius 2 is 1.69 bits per heavy atom. The molecule has 0 radical (unpaired) electrons. The highest BCUT2D eigenvalue weighted by molar-refractivity contribution is 5.78. The first-order valence-corrected chi connectivity index (χ1v) is 8.31. The number of carboxylic acid groups (broad SMARTS) is 1. The molecule has 2 aromatic carbocycles. The molecule has 0 amide bonds. The van der Waals surface area contributed by atoms with Crippen molar-refractivity contribution in [1.82, 2.24) is 0 Å². The topological polar surface area (TPSA) is 46.5 Å². The Balaban J connectivity index is 2.52. The average molecular weight is 366 g/mol. The highest BCUT2D eigenvalue weighted by atomic mass is 19.4. The van der Waals surface area contributed by atoms with Gasteiger partial charge in [0.25, 0.3) is 0 Å². The van der Waals surface area contributed by atoms with Crippen molar-refractivity contribution >= 4 is 5.97 Å². The molecule has 1 N–H and O–H groups in total. The Hall–Kier alpha value is -2.50. The fourth-order valence-corrected chi connectivity index (χ4v) is 2.88. The molecular formula is C20H21F3O3. The second kappa shape index (κ2) is 7.81. The smallest absolute Gasteiger partial charge is 0.416 e. The normalized spacial score (nSPS) is 12.9. The van der Waals surface area contributed by atoms with Gasteiger partial charge in [-0.15, -0.1) is 0 Å². The predicted molar refractivity (Wildman–Crippen MR) is 93.3 cm³/mol. The van der Waals surface area contributed by atoms with E-state index < -0.39 is 23.6 Å². The van der Waals surface area contributed by atoms with Gasteiger partial charge in [0.15, 0.2) is 0 Å². The zero-order valence-electron chi connectivity index (χ0n) is 14.8. The lowest BCUT2D eigenvalue weighted by Gasteiger charge is -2.19. The summed E-state index contributed by atoms with van der Waals surface area (Å²) in [4.78, 5) is 11.6. The second-order valence-electron chi connectivity index (χ2n) is 6.36. The Bertz CT molecular complexity index is 765. The number of ether oxygens (including phenoxy) is 1. The number of carbonyl (C=O) groups is 1. The van der Waals surface area contributed by atoms with Gasteiger partial charge in [-0.05, 0) is 53.8 Å². The van der Waals surface area contributed by atoms with E-state index >= 15 is 0 Å². The Morgan fingerprint density at radius 1 is 1.08 bits per heavy atom. The number of hydrogen-bond donors (Lipinski definition) is 1. The van der Waals surface area contributed by atoms with Crippen molar-refractivity contribution in [3.05, 3.63) is 53.6 Å². The Morgan fingerprint density at radius 3 is 2.15 bits per heavy atom. The third kappa shape index (κ3) is 4.56. The van der Waals surface area contributed by atoms with Crippen LogP contribution in [0.4, 0.5) is 13.2 Å². The van der Waals surface area contributed by atoms with Crippen LogP contribution in [0, 0.1) is 5.92 Å². The van der Waals surface area contributed by atoms with E-state index in [0.29, 0.717) is 29.0 Å². The van der Waals surface area contributed by atoms with Crippen molar-refractivity contribution in [3.63, 3.8) is 0 Å². The predicted octanol–water partition coefficient (Wildman–Crippen LogP) is 5.60. The van der Waals surface area contributed by atoms with E-state index in [1.54, 1.807) is 18.2 Å². The molecule has 0 saturated carbocycles. The van der Waals surface area contributed by atoms with Gasteiger partial charge in [0.2, 0.25) is 0 Å². The maximum absolute atomic E-state index is 12.7. The molecule has 0 saturated heterocycles. The van der Waals surface area contributed by atoms with Crippen LogP contribution in [0.1, 0.15) is 37.8 Å². The summed E-state index contributed by atoms with van der Waals surface area (Å²) in [7, 11) is 0. The molecule has 2 aromatic rings. The summed E-state index contributed by atoms with van der Waals surface area (Å²) in [6.07, 6.45) is -4.40. The SMILES string of the molecule is CCOc1cc(-c2ccc(C(F)(F)F)cc2)cc(C(C(=O)O)C(C)C)c1. The van der Waals surface area contributed by atoms with Gasteiger partial charge < -0.3 is 9.84 Å². The van der Waals surface area contributed by atoms with Crippen molar-refractivity contribution in [2.24, 2.45) is 5.92 Å². The highest BCUT2D eigenvalue weighted by Gasteiger charge is 2.30. The molecule has 0 aliphatic heterocycles. The Kier molecular flexibility index (Phi) is 5.95. The van der Waals surface area contributed by atoms with E-state index in [2.05, 4.69) is 0 Å². The molecule has 0 aromatic heterocycles. The molecule has 0 fully saturated rings. The van der Waals surface area contributed by atoms with Gasteiger partial charge in [-0.3, -0.25) is 4.79 Å². The third-order valence-corrected chi connectivity index (χ3v) is 4.08. The second-order valence-corrected chi connectivity index (χ2v) is 6.36. The molecule has 26 heavy (non-hydrogen) atoms. The van der Waals surface area contributed by atoms with Crippen LogP contribution < -0.4 is 4.74 Å². The van der Waals surface area contributed by atoms with Gasteiger partial charge in [0.05, 0.1) is 18.1 Å². The van der Waals surface area contributed by atoms with Crippen LogP contribution in [0.5, 0.6) is 5.75 Å². The van der Waals surface area contributed by atoms with Crippen LogP contribution in [0.2, 0.25) is 0 Å². The molecule has 0 heterocycles. The zero-order chi connectivity index (χ0) is 19.5. The lowest BCUT2D eigenvalue weighted by atomic mass is 9.86. The van der Waals surface area contributed by atoms with E-state index in [1.807, 2.05) is 20.8 Å². The Labute approximate surface area is 150 Å². The maximum atomic E-state index is 12.7. The van der Waals surface area contributed by atoms with E-state index in [9.17, 15) is 23.1 Å². The molecular weight excluding hydrogens is 345 g/mol. The first-order valence-electron chi connectivity index (χ1n) is 8.31. The van der Waals surface area contributed by atoms with Crippen LogP contribution in [-0.2, 0) is 11.0 Å². The standard InChI is InChI=1S/C20H21F3O3/c1-4-26-17-10-14(9-15(11-17)18(12(2)3)19(24)25)13-5-7-16(8-6-13)20(21,22)23/h5-12,18H,4H2,1-3H3,(H,24,25). The molecule has 0 aliphatic carbocycles. The summed E-state index contributed by atoms with van der Waals surface area (Å²) >= 11 is 0. The summed E-state index contributed by atoms with van der Waals surface area (Å²) in [5, 5.41) is 9.54. The van der Waals surface area contributed by atoms with Gasteiger partial charge in [0.1, 0.15) is 5.75 Å². The molecule has 2 rings (SSSR count). The molecule has 140 valence electrons. The quantitative estimate of drug-likeness (QED) is 0.724. The van der Waals surface area contributed by atoms with Crippen LogP contribution >= 0.6 is 0 Å². The van der Waals surface area contributed by atoms with Crippen molar-refractivity contribution in [1.29, 1.82) is 0 Å². The van der Waals surface area contributed by atoms with Gasteiger partial charge in [-0.2, -0.15) is 13.2 Å². The maximum Gasteiger partial charge on any atom is 0.416 e. The number of halogens is 3.